The zero-order valence-corrected chi connectivity index (χ0v) is 15.8. The lowest BCUT2D eigenvalue weighted by Gasteiger charge is -2.36. The van der Waals surface area contributed by atoms with Crippen molar-refractivity contribution in [3.05, 3.63) is 26.6 Å². The second kappa shape index (κ2) is 5.92. The summed E-state index contributed by atoms with van der Waals surface area (Å²) in [6, 6.07) is 3.65. The smallest absolute Gasteiger partial charge is 0.244 e. The van der Waals surface area contributed by atoms with Crippen LogP contribution >= 0.6 is 31.9 Å². The number of benzene rings is 1. The summed E-state index contributed by atoms with van der Waals surface area (Å²) >= 11 is 6.85. The van der Waals surface area contributed by atoms with Crippen molar-refractivity contribution in [2.24, 2.45) is 5.92 Å². The van der Waals surface area contributed by atoms with Crippen molar-refractivity contribution in [3.8, 4) is 0 Å². The third kappa shape index (κ3) is 2.83. The van der Waals surface area contributed by atoms with E-state index in [0.717, 1.165) is 36.0 Å². The summed E-state index contributed by atoms with van der Waals surface area (Å²) in [6.07, 6.45) is 2.05. The van der Waals surface area contributed by atoms with Crippen molar-refractivity contribution in [1.29, 1.82) is 0 Å². The number of hydrogen-bond donors (Lipinski definition) is 1. The molecule has 21 heavy (non-hydrogen) atoms. The van der Waals surface area contributed by atoms with Crippen LogP contribution in [-0.4, -0.2) is 38.4 Å². The van der Waals surface area contributed by atoms with E-state index in [1.54, 1.807) is 10.4 Å². The minimum atomic E-state index is -3.47. The lowest BCUT2D eigenvalue weighted by molar-refractivity contribution is 0.217. The summed E-state index contributed by atoms with van der Waals surface area (Å²) in [5.41, 5.74) is 1.01. The Labute approximate surface area is 142 Å². The molecule has 0 aromatic heterocycles. The predicted octanol–water partition coefficient (Wildman–Crippen LogP) is 2.89. The molecule has 0 amide bonds. The van der Waals surface area contributed by atoms with Crippen molar-refractivity contribution in [3.63, 3.8) is 0 Å². The van der Waals surface area contributed by atoms with Crippen LogP contribution in [0.1, 0.15) is 18.4 Å². The normalized spacial score (nSPS) is 26.8. The molecule has 0 radical (unpaired) electrons. The Balaban J connectivity index is 2.02. The Morgan fingerprint density at radius 2 is 2.00 bits per heavy atom. The van der Waals surface area contributed by atoms with Crippen LogP contribution in [0.4, 0.5) is 0 Å². The third-order valence-electron chi connectivity index (χ3n) is 4.43. The first kappa shape index (κ1) is 15.9. The van der Waals surface area contributed by atoms with Gasteiger partial charge in [-0.25, -0.2) is 8.42 Å². The Kier molecular flexibility index (Phi) is 4.49. The van der Waals surface area contributed by atoms with Crippen molar-refractivity contribution < 1.29 is 8.42 Å². The first-order valence-electron chi connectivity index (χ1n) is 7.09. The van der Waals surface area contributed by atoms with E-state index in [2.05, 4.69) is 37.2 Å². The maximum absolute atomic E-state index is 13.1. The summed E-state index contributed by atoms with van der Waals surface area (Å²) in [6.45, 7) is 4.25. The van der Waals surface area contributed by atoms with Crippen LogP contribution in [0.3, 0.4) is 0 Å². The van der Waals surface area contributed by atoms with Crippen LogP contribution in [0, 0.1) is 12.8 Å². The van der Waals surface area contributed by atoms with E-state index in [9.17, 15) is 8.42 Å². The van der Waals surface area contributed by atoms with Crippen LogP contribution in [-0.2, 0) is 10.0 Å². The van der Waals surface area contributed by atoms with E-state index in [0.29, 0.717) is 21.8 Å². The van der Waals surface area contributed by atoms with E-state index in [1.165, 1.54) is 0 Å². The number of aryl methyl sites for hydroxylation is 1. The average Bonchev–Trinajstić information content (AvgIpc) is 2.90. The number of nitrogens with one attached hydrogen (secondary N) is 1. The largest absolute Gasteiger partial charge is 0.315 e. The van der Waals surface area contributed by atoms with Gasteiger partial charge in [-0.1, -0.05) is 15.9 Å². The molecule has 1 aromatic rings. The van der Waals surface area contributed by atoms with Gasteiger partial charge in [0.15, 0.2) is 0 Å². The van der Waals surface area contributed by atoms with Gasteiger partial charge in [0.2, 0.25) is 10.0 Å². The molecule has 3 rings (SSSR count). The summed E-state index contributed by atoms with van der Waals surface area (Å²) < 4.78 is 29.3. The van der Waals surface area contributed by atoms with E-state index in [-0.39, 0.29) is 6.04 Å². The summed E-state index contributed by atoms with van der Waals surface area (Å²) in [4.78, 5) is 0.354. The highest BCUT2D eigenvalue weighted by atomic mass is 79.9. The SMILES string of the molecule is Cc1cc(Br)c(S(=O)(=O)N2CCCC3CNCC32)cc1Br. The molecule has 2 fully saturated rings. The van der Waals surface area contributed by atoms with Crippen molar-refractivity contribution in [1.82, 2.24) is 9.62 Å². The second-order valence-electron chi connectivity index (χ2n) is 5.78. The van der Waals surface area contributed by atoms with Gasteiger partial charge >= 0.3 is 0 Å². The first-order valence-corrected chi connectivity index (χ1v) is 10.1. The monoisotopic (exact) mass is 436 g/mol. The molecule has 7 heteroatoms. The molecule has 4 nitrogen and oxygen atoms in total. The van der Waals surface area contributed by atoms with Crippen LogP contribution < -0.4 is 5.32 Å². The van der Waals surface area contributed by atoms with Crippen molar-refractivity contribution >= 4 is 41.9 Å². The molecule has 1 N–H and O–H groups in total. The van der Waals surface area contributed by atoms with Gasteiger partial charge in [-0.05, 0) is 65.9 Å². The predicted molar refractivity (Wildman–Crippen MR) is 89.9 cm³/mol. The molecule has 2 aliphatic rings. The fraction of sp³-hybridized carbons (Fsp3) is 0.571. The lowest BCUT2D eigenvalue weighted by atomic mass is 9.94. The fourth-order valence-corrected chi connectivity index (χ4v) is 6.64. The van der Waals surface area contributed by atoms with E-state index >= 15 is 0 Å². The third-order valence-corrected chi connectivity index (χ3v) is 8.16. The number of halogens is 2. The molecular formula is C14H18Br2N2O2S. The number of hydrogen-bond acceptors (Lipinski definition) is 3. The maximum Gasteiger partial charge on any atom is 0.244 e. The highest BCUT2D eigenvalue weighted by Crippen LogP contribution is 2.35. The summed E-state index contributed by atoms with van der Waals surface area (Å²) in [5.74, 6) is 0.446. The topological polar surface area (TPSA) is 49.4 Å². The minimum Gasteiger partial charge on any atom is -0.315 e. The van der Waals surface area contributed by atoms with Crippen LogP contribution in [0.25, 0.3) is 0 Å². The van der Waals surface area contributed by atoms with Crippen molar-refractivity contribution in [2.45, 2.75) is 30.7 Å². The number of nitrogens with zero attached hydrogens (tertiary/aromatic N) is 1. The molecule has 2 heterocycles. The van der Waals surface area contributed by atoms with E-state index < -0.39 is 10.0 Å². The van der Waals surface area contributed by atoms with Gasteiger partial charge in [0, 0.05) is 28.1 Å². The highest BCUT2D eigenvalue weighted by molar-refractivity contribution is 9.11. The fourth-order valence-electron chi connectivity index (χ4n) is 3.28. The Hall–Kier alpha value is 0.0500. The summed E-state index contributed by atoms with van der Waals surface area (Å²) in [5, 5.41) is 3.33. The number of rotatable bonds is 2. The lowest BCUT2D eigenvalue weighted by Crippen LogP contribution is -2.48. The molecule has 2 aliphatic heterocycles. The molecule has 2 saturated heterocycles. The Morgan fingerprint density at radius 1 is 1.24 bits per heavy atom. The van der Waals surface area contributed by atoms with E-state index in [4.69, 9.17) is 0 Å². The quantitative estimate of drug-likeness (QED) is 0.773. The average molecular weight is 438 g/mol. The highest BCUT2D eigenvalue weighted by Gasteiger charge is 2.41. The molecule has 0 bridgehead atoms. The van der Waals surface area contributed by atoms with Gasteiger partial charge < -0.3 is 5.32 Å². The van der Waals surface area contributed by atoms with Crippen molar-refractivity contribution in [2.75, 3.05) is 19.6 Å². The molecule has 116 valence electrons. The Morgan fingerprint density at radius 3 is 2.76 bits per heavy atom. The molecule has 2 atom stereocenters. The molecule has 0 saturated carbocycles. The number of sulfonamides is 1. The second-order valence-corrected chi connectivity index (χ2v) is 9.34. The standard InChI is InChI=1S/C14H18Br2N2O2S/c1-9-5-12(16)14(6-11(9)15)21(19,20)18-4-2-3-10-7-17-8-13(10)18/h5-6,10,13,17H,2-4,7-8H2,1H3. The minimum absolute atomic E-state index is 0.0933. The number of piperidine rings is 1. The van der Waals surface area contributed by atoms with Gasteiger partial charge in [-0.2, -0.15) is 4.31 Å². The summed E-state index contributed by atoms with van der Waals surface area (Å²) in [7, 11) is -3.47. The van der Waals surface area contributed by atoms with Crippen LogP contribution in [0.5, 0.6) is 0 Å². The zero-order chi connectivity index (χ0) is 15.2. The molecule has 1 aromatic carbocycles. The van der Waals surface area contributed by atoms with Crippen LogP contribution in [0.2, 0.25) is 0 Å². The molecule has 0 aliphatic carbocycles. The van der Waals surface area contributed by atoms with Gasteiger partial charge in [0.1, 0.15) is 0 Å². The molecule has 0 spiro atoms. The molecular weight excluding hydrogens is 420 g/mol. The van der Waals surface area contributed by atoms with Gasteiger partial charge in [-0.3, -0.25) is 0 Å². The molecule has 2 unspecified atom stereocenters. The van der Waals surface area contributed by atoms with Gasteiger partial charge in [0.25, 0.3) is 0 Å². The maximum atomic E-state index is 13.1. The van der Waals surface area contributed by atoms with Gasteiger partial charge in [-0.15, -0.1) is 0 Å². The van der Waals surface area contributed by atoms with E-state index in [1.807, 2.05) is 13.0 Å². The van der Waals surface area contributed by atoms with Gasteiger partial charge in [0.05, 0.1) is 4.90 Å². The van der Waals surface area contributed by atoms with Crippen LogP contribution in [0.15, 0.2) is 26.0 Å². The number of fused-ring (bicyclic) bond motifs is 1. The Bertz CT molecular complexity index is 663. The first-order chi connectivity index (χ1) is 9.91. The zero-order valence-electron chi connectivity index (χ0n) is 11.8.